The number of amides is 1. The largest absolute Gasteiger partial charge is 0.507 e. The van der Waals surface area contributed by atoms with Crippen LogP contribution in [0.4, 0.5) is 0 Å². The fourth-order valence-corrected chi connectivity index (χ4v) is 3.51. The molecule has 1 aromatic carbocycles. The molecule has 1 unspecified atom stereocenters. The number of likely N-dealkylation sites (N-methyl/N-ethyl adjacent to an activating group) is 1. The van der Waals surface area contributed by atoms with Gasteiger partial charge in [0.15, 0.2) is 11.5 Å². The predicted molar refractivity (Wildman–Crippen MR) is 104 cm³/mol. The van der Waals surface area contributed by atoms with Crippen molar-refractivity contribution in [3.63, 3.8) is 0 Å². The van der Waals surface area contributed by atoms with E-state index < -0.39 is 17.7 Å². The summed E-state index contributed by atoms with van der Waals surface area (Å²) in [6.07, 6.45) is 1.48. The van der Waals surface area contributed by atoms with E-state index in [2.05, 4.69) is 0 Å². The third kappa shape index (κ3) is 3.47. The number of benzene rings is 1. The van der Waals surface area contributed by atoms with Crippen molar-refractivity contribution in [2.75, 3.05) is 40.4 Å². The zero-order valence-electron chi connectivity index (χ0n) is 16.3. The van der Waals surface area contributed by atoms with Gasteiger partial charge in [0.1, 0.15) is 30.8 Å². The van der Waals surface area contributed by atoms with Gasteiger partial charge in [-0.3, -0.25) is 9.59 Å². The Bertz CT molecular complexity index is 964. The van der Waals surface area contributed by atoms with Crippen LogP contribution in [0, 0.1) is 0 Å². The number of ketones is 1. The Morgan fingerprint density at radius 2 is 1.93 bits per heavy atom. The first-order valence-electron chi connectivity index (χ1n) is 9.34. The minimum absolute atomic E-state index is 0.000355. The molecule has 29 heavy (non-hydrogen) atoms. The standard InChI is InChI=1S/C21H22N2O6/c1-22(2)7-8-23-18(15-4-3-9-27-15)17(20(25)21(23)26)19(24)13-5-6-14-16(12-13)29-11-10-28-14/h3-6,9,12,18,24H,7-8,10-11H2,1-2H3. The SMILES string of the molecule is CN(C)CCN1C(=O)C(=O)C(=C(O)c2ccc3c(c2)OCCO3)C1c1ccco1. The zero-order valence-corrected chi connectivity index (χ0v) is 16.3. The van der Waals surface area contributed by atoms with Gasteiger partial charge in [-0.2, -0.15) is 0 Å². The number of Topliss-reactive ketones (excluding diaryl/α,β-unsaturated/α-hetero) is 1. The molecule has 0 aliphatic carbocycles. The molecule has 2 aliphatic heterocycles. The number of furan rings is 1. The molecule has 0 radical (unpaired) electrons. The number of carbonyl (C=O) groups is 2. The van der Waals surface area contributed by atoms with Crippen molar-refractivity contribution in [1.82, 2.24) is 9.80 Å². The predicted octanol–water partition coefficient (Wildman–Crippen LogP) is 2.03. The highest BCUT2D eigenvalue weighted by Crippen LogP contribution is 2.41. The normalized spacial score (nSPS) is 20.5. The summed E-state index contributed by atoms with van der Waals surface area (Å²) in [6, 6.07) is 7.50. The van der Waals surface area contributed by atoms with Gasteiger partial charge in [-0.25, -0.2) is 0 Å². The Morgan fingerprint density at radius 1 is 1.17 bits per heavy atom. The summed E-state index contributed by atoms with van der Waals surface area (Å²) in [7, 11) is 3.77. The Balaban J connectivity index is 1.79. The lowest BCUT2D eigenvalue weighted by Crippen LogP contribution is -2.35. The van der Waals surface area contributed by atoms with E-state index in [9.17, 15) is 14.7 Å². The van der Waals surface area contributed by atoms with Crippen molar-refractivity contribution < 1.29 is 28.6 Å². The van der Waals surface area contributed by atoms with E-state index in [1.165, 1.54) is 11.2 Å². The number of ether oxygens (including phenoxy) is 2. The fourth-order valence-electron chi connectivity index (χ4n) is 3.51. The summed E-state index contributed by atoms with van der Waals surface area (Å²) in [6.45, 7) is 1.74. The molecule has 152 valence electrons. The molecule has 8 heteroatoms. The summed E-state index contributed by atoms with van der Waals surface area (Å²) < 4.78 is 16.6. The molecule has 1 atom stereocenters. The third-order valence-electron chi connectivity index (χ3n) is 4.96. The van der Waals surface area contributed by atoms with E-state index in [0.29, 0.717) is 49.1 Å². The van der Waals surface area contributed by atoms with Gasteiger partial charge >= 0.3 is 0 Å². The van der Waals surface area contributed by atoms with Crippen molar-refractivity contribution in [3.8, 4) is 11.5 Å². The topological polar surface area (TPSA) is 92.5 Å². The lowest BCUT2D eigenvalue weighted by Gasteiger charge is -2.24. The smallest absolute Gasteiger partial charge is 0.295 e. The van der Waals surface area contributed by atoms with E-state index in [1.54, 1.807) is 30.3 Å². The highest BCUT2D eigenvalue weighted by Gasteiger charge is 2.47. The summed E-state index contributed by atoms with van der Waals surface area (Å²) in [4.78, 5) is 28.9. The Labute approximate surface area is 167 Å². The summed E-state index contributed by atoms with van der Waals surface area (Å²) in [5.74, 6) is -0.195. The number of rotatable bonds is 5. The maximum atomic E-state index is 12.8. The van der Waals surface area contributed by atoms with E-state index in [4.69, 9.17) is 13.9 Å². The lowest BCUT2D eigenvalue weighted by molar-refractivity contribution is -0.140. The molecule has 4 rings (SSSR count). The van der Waals surface area contributed by atoms with E-state index in [1.807, 2.05) is 19.0 Å². The third-order valence-corrected chi connectivity index (χ3v) is 4.96. The minimum atomic E-state index is -0.793. The van der Waals surface area contributed by atoms with Crippen molar-refractivity contribution in [3.05, 3.63) is 53.5 Å². The Kier molecular flexibility index (Phi) is 5.02. The van der Waals surface area contributed by atoms with Crippen LogP contribution >= 0.6 is 0 Å². The summed E-state index contributed by atoms with van der Waals surface area (Å²) in [5, 5.41) is 11.0. The first-order chi connectivity index (χ1) is 14.0. The molecule has 1 saturated heterocycles. The van der Waals surface area contributed by atoms with Gasteiger partial charge in [0.05, 0.1) is 11.8 Å². The second kappa shape index (κ2) is 7.63. The first kappa shape index (κ1) is 19.1. The Morgan fingerprint density at radius 3 is 2.62 bits per heavy atom. The first-order valence-corrected chi connectivity index (χ1v) is 9.34. The van der Waals surface area contributed by atoms with Gasteiger partial charge in [-0.15, -0.1) is 0 Å². The molecule has 0 saturated carbocycles. The lowest BCUT2D eigenvalue weighted by atomic mass is 9.99. The molecule has 1 N–H and O–H groups in total. The highest BCUT2D eigenvalue weighted by atomic mass is 16.6. The maximum absolute atomic E-state index is 12.8. The molecule has 1 aromatic heterocycles. The van der Waals surface area contributed by atoms with Crippen LogP contribution in [-0.4, -0.2) is 67.0 Å². The molecular formula is C21H22N2O6. The quantitative estimate of drug-likeness (QED) is 0.468. The molecule has 2 aliphatic rings. The van der Waals surface area contributed by atoms with Crippen LogP contribution in [0.25, 0.3) is 5.76 Å². The van der Waals surface area contributed by atoms with Crippen molar-refractivity contribution in [1.29, 1.82) is 0 Å². The van der Waals surface area contributed by atoms with Gasteiger partial charge in [0.2, 0.25) is 0 Å². The van der Waals surface area contributed by atoms with Crippen LogP contribution in [0.3, 0.4) is 0 Å². The molecule has 8 nitrogen and oxygen atoms in total. The van der Waals surface area contributed by atoms with Gasteiger partial charge in [0.25, 0.3) is 11.7 Å². The van der Waals surface area contributed by atoms with Crippen LogP contribution in [0.5, 0.6) is 11.5 Å². The maximum Gasteiger partial charge on any atom is 0.295 e. The van der Waals surface area contributed by atoms with Crippen LogP contribution in [-0.2, 0) is 9.59 Å². The van der Waals surface area contributed by atoms with E-state index in [-0.39, 0.29) is 11.3 Å². The molecule has 0 bridgehead atoms. The second-order valence-corrected chi connectivity index (χ2v) is 7.17. The number of hydrogen-bond donors (Lipinski definition) is 1. The molecule has 0 spiro atoms. The highest BCUT2D eigenvalue weighted by molar-refractivity contribution is 6.46. The molecular weight excluding hydrogens is 376 g/mol. The van der Waals surface area contributed by atoms with Crippen molar-refractivity contribution in [2.24, 2.45) is 0 Å². The number of aliphatic hydroxyl groups is 1. The Hall–Kier alpha value is -3.26. The number of aliphatic hydroxyl groups excluding tert-OH is 1. The van der Waals surface area contributed by atoms with Gasteiger partial charge in [-0.1, -0.05) is 0 Å². The van der Waals surface area contributed by atoms with Crippen LogP contribution in [0.2, 0.25) is 0 Å². The summed E-state index contributed by atoms with van der Waals surface area (Å²) >= 11 is 0. The van der Waals surface area contributed by atoms with Crippen molar-refractivity contribution >= 4 is 17.4 Å². The van der Waals surface area contributed by atoms with E-state index >= 15 is 0 Å². The molecule has 1 amide bonds. The van der Waals surface area contributed by atoms with Crippen molar-refractivity contribution in [2.45, 2.75) is 6.04 Å². The van der Waals surface area contributed by atoms with Gasteiger partial charge in [0, 0.05) is 18.7 Å². The average Bonchev–Trinajstić information content (AvgIpc) is 3.33. The molecule has 3 heterocycles. The van der Waals surface area contributed by atoms with Crippen LogP contribution < -0.4 is 9.47 Å². The molecule has 1 fully saturated rings. The van der Waals surface area contributed by atoms with E-state index in [0.717, 1.165) is 0 Å². The van der Waals surface area contributed by atoms with Gasteiger partial charge in [-0.05, 0) is 44.4 Å². The number of fused-ring (bicyclic) bond motifs is 1. The van der Waals surface area contributed by atoms with Crippen LogP contribution in [0.15, 0.2) is 46.6 Å². The van der Waals surface area contributed by atoms with Crippen LogP contribution in [0.1, 0.15) is 17.4 Å². The number of nitrogens with zero attached hydrogens (tertiary/aromatic N) is 2. The monoisotopic (exact) mass is 398 g/mol. The second-order valence-electron chi connectivity index (χ2n) is 7.17. The molecule has 2 aromatic rings. The van der Waals surface area contributed by atoms with Gasteiger partial charge < -0.3 is 28.8 Å². The number of hydrogen-bond acceptors (Lipinski definition) is 7. The minimum Gasteiger partial charge on any atom is -0.507 e. The number of carbonyl (C=O) groups excluding carboxylic acids is 2. The number of likely N-dealkylation sites (tertiary alicyclic amines) is 1. The average molecular weight is 398 g/mol. The zero-order chi connectivity index (χ0) is 20.5. The fraction of sp³-hybridized carbons (Fsp3) is 0.333. The summed E-state index contributed by atoms with van der Waals surface area (Å²) in [5.41, 5.74) is 0.372.